The summed E-state index contributed by atoms with van der Waals surface area (Å²) in [4.78, 5) is 22.8. The summed E-state index contributed by atoms with van der Waals surface area (Å²) in [6.45, 7) is 4.16. The van der Waals surface area contributed by atoms with Crippen LogP contribution in [-0.4, -0.2) is 34.8 Å². The van der Waals surface area contributed by atoms with Crippen molar-refractivity contribution in [3.63, 3.8) is 0 Å². The van der Waals surface area contributed by atoms with Crippen LogP contribution in [0.25, 0.3) is 0 Å². The van der Waals surface area contributed by atoms with Crippen LogP contribution in [0.1, 0.15) is 19.4 Å². The molecular weight excluding hydrogens is 272 g/mol. The quantitative estimate of drug-likeness (QED) is 0.599. The first-order valence-electron chi connectivity index (χ1n) is 6.57. The van der Waals surface area contributed by atoms with E-state index in [0.29, 0.717) is 12.1 Å². The van der Waals surface area contributed by atoms with Gasteiger partial charge in [0.25, 0.3) is 0 Å². The third kappa shape index (κ3) is 6.47. The van der Waals surface area contributed by atoms with Crippen molar-refractivity contribution in [2.24, 2.45) is 0 Å². The molecule has 0 heterocycles. The highest BCUT2D eigenvalue weighted by Crippen LogP contribution is 2.11. The lowest BCUT2D eigenvalue weighted by Gasteiger charge is -2.15. The van der Waals surface area contributed by atoms with Crippen molar-refractivity contribution in [3.05, 3.63) is 41.5 Å². The Morgan fingerprint density at radius 1 is 1.24 bits per heavy atom. The normalized spacial score (nSPS) is 11.3. The molecule has 1 aromatic carbocycles. The monoisotopic (exact) mass is 292 g/mol. The molecule has 21 heavy (non-hydrogen) atoms. The number of allylic oxidation sites excluding steroid dienone is 1. The van der Waals surface area contributed by atoms with E-state index in [-0.39, 0.29) is 12.2 Å². The molecule has 6 nitrogen and oxygen atoms in total. The van der Waals surface area contributed by atoms with Gasteiger partial charge in [-0.05, 0) is 31.5 Å². The predicted octanol–water partition coefficient (Wildman–Crippen LogP) is 1.65. The molecule has 0 saturated carbocycles. The number of hydrogen-bond acceptors (Lipinski definition) is 3. The molecule has 0 unspecified atom stereocenters. The third-order valence-corrected chi connectivity index (χ3v) is 2.75. The second kappa shape index (κ2) is 7.94. The minimum absolute atomic E-state index is 0.109. The van der Waals surface area contributed by atoms with Gasteiger partial charge < -0.3 is 20.8 Å². The van der Waals surface area contributed by atoms with Crippen LogP contribution in [0.3, 0.4) is 0 Å². The Balaban J connectivity index is 2.57. The number of phenols is 1. The summed E-state index contributed by atoms with van der Waals surface area (Å²) < 4.78 is 0. The van der Waals surface area contributed by atoms with Crippen molar-refractivity contribution in [2.45, 2.75) is 26.3 Å². The molecule has 0 aromatic heterocycles. The first-order chi connectivity index (χ1) is 9.88. The van der Waals surface area contributed by atoms with Gasteiger partial charge in [-0.2, -0.15) is 0 Å². The largest absolute Gasteiger partial charge is 0.508 e. The van der Waals surface area contributed by atoms with Gasteiger partial charge in [-0.1, -0.05) is 23.8 Å². The summed E-state index contributed by atoms with van der Waals surface area (Å²) in [5, 5.41) is 23.3. The smallest absolute Gasteiger partial charge is 0.326 e. The number of carbonyl (C=O) groups is 2. The van der Waals surface area contributed by atoms with Crippen LogP contribution in [0.2, 0.25) is 0 Å². The Morgan fingerprint density at radius 3 is 2.38 bits per heavy atom. The molecule has 0 radical (unpaired) electrons. The number of urea groups is 1. The van der Waals surface area contributed by atoms with Crippen molar-refractivity contribution in [1.29, 1.82) is 0 Å². The fraction of sp³-hybridized carbons (Fsp3) is 0.333. The average molecular weight is 292 g/mol. The lowest BCUT2D eigenvalue weighted by Crippen LogP contribution is -2.47. The number of aliphatic carboxylic acids is 1. The van der Waals surface area contributed by atoms with Gasteiger partial charge in [-0.15, -0.1) is 0 Å². The van der Waals surface area contributed by atoms with Crippen molar-refractivity contribution in [3.8, 4) is 5.75 Å². The van der Waals surface area contributed by atoms with Crippen LogP contribution >= 0.6 is 0 Å². The van der Waals surface area contributed by atoms with Gasteiger partial charge in [0.15, 0.2) is 0 Å². The lowest BCUT2D eigenvalue weighted by molar-refractivity contribution is -0.139. The minimum Gasteiger partial charge on any atom is -0.508 e. The van der Waals surface area contributed by atoms with Crippen LogP contribution in [0.4, 0.5) is 4.79 Å². The second-order valence-electron chi connectivity index (χ2n) is 4.90. The van der Waals surface area contributed by atoms with E-state index in [2.05, 4.69) is 10.6 Å². The summed E-state index contributed by atoms with van der Waals surface area (Å²) in [5.41, 5.74) is 1.78. The molecule has 0 bridgehead atoms. The molecule has 1 aromatic rings. The highest BCUT2D eigenvalue weighted by atomic mass is 16.4. The van der Waals surface area contributed by atoms with Crippen LogP contribution in [-0.2, 0) is 11.2 Å². The Hall–Kier alpha value is -2.50. The molecule has 0 saturated heterocycles. The maximum Gasteiger partial charge on any atom is 0.326 e. The fourth-order valence-corrected chi connectivity index (χ4v) is 1.62. The lowest BCUT2D eigenvalue weighted by atomic mass is 10.1. The van der Waals surface area contributed by atoms with E-state index >= 15 is 0 Å². The molecule has 1 atom stereocenters. The molecule has 0 spiro atoms. The van der Waals surface area contributed by atoms with Crippen molar-refractivity contribution < 1.29 is 19.8 Å². The number of nitrogens with one attached hydrogen (secondary N) is 2. The first-order valence-corrected chi connectivity index (χ1v) is 6.57. The van der Waals surface area contributed by atoms with Gasteiger partial charge in [0, 0.05) is 13.0 Å². The summed E-state index contributed by atoms with van der Waals surface area (Å²) in [6.07, 6.45) is 1.97. The van der Waals surface area contributed by atoms with E-state index in [0.717, 1.165) is 5.57 Å². The molecule has 2 amide bonds. The Kier molecular flexibility index (Phi) is 6.26. The zero-order valence-corrected chi connectivity index (χ0v) is 12.1. The van der Waals surface area contributed by atoms with Crippen LogP contribution in [0.5, 0.6) is 5.75 Å². The maximum atomic E-state index is 11.6. The molecule has 0 aliphatic heterocycles. The van der Waals surface area contributed by atoms with Crippen LogP contribution < -0.4 is 10.6 Å². The highest BCUT2D eigenvalue weighted by molar-refractivity contribution is 5.82. The number of carbonyl (C=O) groups excluding carboxylic acids is 1. The van der Waals surface area contributed by atoms with E-state index in [1.54, 1.807) is 12.1 Å². The summed E-state index contributed by atoms with van der Waals surface area (Å²) in [7, 11) is 0. The van der Waals surface area contributed by atoms with Crippen LogP contribution in [0, 0.1) is 0 Å². The number of aromatic hydroxyl groups is 1. The summed E-state index contributed by atoms with van der Waals surface area (Å²) >= 11 is 0. The molecule has 1 rings (SSSR count). The number of carboxylic acids is 1. The summed E-state index contributed by atoms with van der Waals surface area (Å²) in [5.74, 6) is -1.00. The van der Waals surface area contributed by atoms with Crippen LogP contribution in [0.15, 0.2) is 35.9 Å². The van der Waals surface area contributed by atoms with Gasteiger partial charge in [-0.25, -0.2) is 9.59 Å². The standard InChI is InChI=1S/C15H20N2O4/c1-10(2)7-8-16-15(21)17-13(14(19)20)9-11-3-5-12(18)6-4-11/h3-7,13,18H,8-9H2,1-2H3,(H,19,20)(H2,16,17,21)/t13-/m0/s1. The third-order valence-electron chi connectivity index (χ3n) is 2.75. The molecule has 6 heteroatoms. The summed E-state index contributed by atoms with van der Waals surface area (Å²) in [6, 6.07) is 4.63. The van der Waals surface area contributed by atoms with E-state index < -0.39 is 18.0 Å². The van der Waals surface area contributed by atoms with E-state index in [9.17, 15) is 14.7 Å². The number of hydrogen-bond donors (Lipinski definition) is 4. The minimum atomic E-state index is -1.11. The Bertz CT molecular complexity index is 519. The van der Waals surface area contributed by atoms with E-state index in [4.69, 9.17) is 5.11 Å². The number of rotatable bonds is 6. The number of amides is 2. The first kappa shape index (κ1) is 16.6. The average Bonchev–Trinajstić information content (AvgIpc) is 2.40. The Labute approximate surface area is 123 Å². The second-order valence-corrected chi connectivity index (χ2v) is 4.90. The SMILES string of the molecule is CC(C)=CCNC(=O)N[C@@H](Cc1ccc(O)cc1)C(=O)O. The van der Waals surface area contributed by atoms with Gasteiger partial charge in [0.05, 0.1) is 0 Å². The molecule has 0 aliphatic carbocycles. The van der Waals surface area contributed by atoms with Crippen molar-refractivity contribution in [2.75, 3.05) is 6.54 Å². The molecule has 0 aliphatic rings. The number of benzene rings is 1. The zero-order chi connectivity index (χ0) is 15.8. The number of phenolic OH excluding ortho intramolecular Hbond substituents is 1. The maximum absolute atomic E-state index is 11.6. The van der Waals surface area contributed by atoms with E-state index in [1.165, 1.54) is 12.1 Å². The molecular formula is C15H20N2O4. The number of carboxylic acid groups (broad SMARTS) is 1. The molecule has 114 valence electrons. The molecule has 0 fully saturated rings. The van der Waals surface area contributed by atoms with Crippen molar-refractivity contribution >= 4 is 12.0 Å². The van der Waals surface area contributed by atoms with E-state index in [1.807, 2.05) is 19.9 Å². The fourth-order valence-electron chi connectivity index (χ4n) is 1.62. The topological polar surface area (TPSA) is 98.7 Å². The van der Waals surface area contributed by atoms with Gasteiger partial charge in [0.1, 0.15) is 11.8 Å². The van der Waals surface area contributed by atoms with Crippen molar-refractivity contribution in [1.82, 2.24) is 10.6 Å². The Morgan fingerprint density at radius 2 is 1.86 bits per heavy atom. The predicted molar refractivity (Wildman–Crippen MR) is 79.2 cm³/mol. The molecule has 4 N–H and O–H groups in total. The van der Waals surface area contributed by atoms with Gasteiger partial charge in [0.2, 0.25) is 0 Å². The highest BCUT2D eigenvalue weighted by Gasteiger charge is 2.20. The van der Waals surface area contributed by atoms with Gasteiger partial charge >= 0.3 is 12.0 Å². The zero-order valence-electron chi connectivity index (χ0n) is 12.1. The van der Waals surface area contributed by atoms with Gasteiger partial charge in [-0.3, -0.25) is 0 Å².